The highest BCUT2D eigenvalue weighted by molar-refractivity contribution is 5.96. The molecule has 12 heteroatoms. The summed E-state index contributed by atoms with van der Waals surface area (Å²) >= 11 is 0. The van der Waals surface area contributed by atoms with Gasteiger partial charge in [-0.15, -0.1) is 0 Å². The van der Waals surface area contributed by atoms with Crippen LogP contribution in [0.4, 0.5) is 0 Å². The molecular weight excluding hydrogens is 432 g/mol. The predicted molar refractivity (Wildman–Crippen MR) is 120 cm³/mol. The number of carboxylic acids is 1. The number of nitrogens with two attached hydrogens (primary N) is 3. The number of nitrogens with zero attached hydrogens (tertiary/aromatic N) is 1. The van der Waals surface area contributed by atoms with E-state index in [0.29, 0.717) is 25.8 Å². The second kappa shape index (κ2) is 13.7. The van der Waals surface area contributed by atoms with Crippen LogP contribution < -0.4 is 27.8 Å². The molecule has 12 nitrogen and oxygen atoms in total. The summed E-state index contributed by atoms with van der Waals surface area (Å²) in [5, 5.41) is 14.5. The molecule has 0 aromatic heterocycles. The van der Waals surface area contributed by atoms with Crippen LogP contribution in [0.3, 0.4) is 0 Å². The second-order valence-electron chi connectivity index (χ2n) is 8.84. The van der Waals surface area contributed by atoms with Gasteiger partial charge in [-0.05, 0) is 44.6 Å². The summed E-state index contributed by atoms with van der Waals surface area (Å²) in [7, 11) is 0. The SMILES string of the molecule is CC(C)CC(NC(=O)C(N)CCCCN)C(=O)NC(CC(N)=O)C(=O)N1CCCC1C(=O)O. The Bertz CT molecular complexity index is 715. The van der Waals surface area contributed by atoms with Crippen LogP contribution in [0.15, 0.2) is 0 Å². The molecule has 4 amide bonds. The first-order chi connectivity index (χ1) is 15.5. The van der Waals surface area contributed by atoms with Gasteiger partial charge in [0.25, 0.3) is 0 Å². The highest BCUT2D eigenvalue weighted by Gasteiger charge is 2.39. The van der Waals surface area contributed by atoms with E-state index in [0.717, 1.165) is 11.3 Å². The zero-order chi connectivity index (χ0) is 25.1. The summed E-state index contributed by atoms with van der Waals surface area (Å²) < 4.78 is 0. The van der Waals surface area contributed by atoms with E-state index in [9.17, 15) is 29.1 Å². The molecule has 1 rings (SSSR count). The van der Waals surface area contributed by atoms with Crippen LogP contribution in [-0.2, 0) is 24.0 Å². The fourth-order valence-electron chi connectivity index (χ4n) is 3.78. The molecule has 188 valence electrons. The lowest BCUT2D eigenvalue weighted by molar-refractivity contribution is -0.149. The van der Waals surface area contributed by atoms with Gasteiger partial charge in [0, 0.05) is 6.54 Å². The van der Waals surface area contributed by atoms with Crippen molar-refractivity contribution in [2.24, 2.45) is 23.1 Å². The molecule has 1 fully saturated rings. The normalized spacial score (nSPS) is 18.5. The first kappa shape index (κ1) is 28.3. The smallest absolute Gasteiger partial charge is 0.326 e. The minimum absolute atomic E-state index is 0.0229. The van der Waals surface area contributed by atoms with Gasteiger partial charge in [0.1, 0.15) is 18.1 Å². The van der Waals surface area contributed by atoms with Crippen molar-refractivity contribution in [2.45, 2.75) is 83.0 Å². The van der Waals surface area contributed by atoms with Crippen LogP contribution in [0.2, 0.25) is 0 Å². The predicted octanol–water partition coefficient (Wildman–Crippen LogP) is -1.59. The molecule has 1 aliphatic rings. The van der Waals surface area contributed by atoms with Gasteiger partial charge in [-0.1, -0.05) is 20.3 Å². The van der Waals surface area contributed by atoms with Crippen molar-refractivity contribution in [2.75, 3.05) is 13.1 Å². The van der Waals surface area contributed by atoms with Gasteiger partial charge in [-0.3, -0.25) is 19.2 Å². The number of primary amides is 1. The first-order valence-corrected chi connectivity index (χ1v) is 11.4. The van der Waals surface area contributed by atoms with Crippen LogP contribution in [0, 0.1) is 5.92 Å². The zero-order valence-corrected chi connectivity index (χ0v) is 19.4. The van der Waals surface area contributed by atoms with E-state index >= 15 is 0 Å². The third kappa shape index (κ3) is 9.34. The van der Waals surface area contributed by atoms with E-state index in [-0.39, 0.29) is 25.3 Å². The van der Waals surface area contributed by atoms with Gasteiger partial charge in [-0.25, -0.2) is 4.79 Å². The lowest BCUT2D eigenvalue weighted by Crippen LogP contribution is -2.58. The third-order valence-corrected chi connectivity index (χ3v) is 5.49. The number of aliphatic carboxylic acids is 1. The summed E-state index contributed by atoms with van der Waals surface area (Å²) in [6, 6.07) is -4.17. The van der Waals surface area contributed by atoms with Crippen molar-refractivity contribution in [3.05, 3.63) is 0 Å². The molecule has 0 saturated carbocycles. The lowest BCUT2D eigenvalue weighted by Gasteiger charge is -2.29. The molecule has 0 bridgehead atoms. The number of unbranched alkanes of at least 4 members (excludes halogenated alkanes) is 1. The van der Waals surface area contributed by atoms with E-state index in [1.807, 2.05) is 13.8 Å². The number of carbonyl (C=O) groups is 5. The molecule has 0 aliphatic carbocycles. The Kier molecular flexibility index (Phi) is 11.8. The summed E-state index contributed by atoms with van der Waals surface area (Å²) in [5.41, 5.74) is 16.6. The van der Waals surface area contributed by atoms with E-state index in [1.165, 1.54) is 0 Å². The summed E-state index contributed by atoms with van der Waals surface area (Å²) in [5.74, 6) is -3.83. The number of hydrogen-bond acceptors (Lipinski definition) is 7. The topological polar surface area (TPSA) is 211 Å². The highest BCUT2D eigenvalue weighted by Crippen LogP contribution is 2.19. The average Bonchev–Trinajstić information content (AvgIpc) is 3.21. The first-order valence-electron chi connectivity index (χ1n) is 11.4. The molecule has 1 saturated heterocycles. The molecule has 1 aliphatic heterocycles. The Balaban J connectivity index is 2.94. The maximum atomic E-state index is 13.0. The molecule has 1 heterocycles. The van der Waals surface area contributed by atoms with Crippen LogP contribution in [-0.4, -0.2) is 76.9 Å². The Morgan fingerprint density at radius 3 is 2.24 bits per heavy atom. The van der Waals surface area contributed by atoms with E-state index in [4.69, 9.17) is 17.2 Å². The van der Waals surface area contributed by atoms with Crippen molar-refractivity contribution in [3.63, 3.8) is 0 Å². The number of likely N-dealkylation sites (tertiary alicyclic amines) is 1. The fourth-order valence-corrected chi connectivity index (χ4v) is 3.78. The zero-order valence-electron chi connectivity index (χ0n) is 19.4. The van der Waals surface area contributed by atoms with Gasteiger partial charge in [0.05, 0.1) is 12.5 Å². The Hall–Kier alpha value is -2.73. The van der Waals surface area contributed by atoms with Crippen molar-refractivity contribution < 1.29 is 29.1 Å². The van der Waals surface area contributed by atoms with E-state index in [1.54, 1.807) is 0 Å². The summed E-state index contributed by atoms with van der Waals surface area (Å²) in [6.45, 7) is 4.41. The Morgan fingerprint density at radius 2 is 1.70 bits per heavy atom. The average molecular weight is 471 g/mol. The second-order valence-corrected chi connectivity index (χ2v) is 8.84. The van der Waals surface area contributed by atoms with E-state index in [2.05, 4.69) is 10.6 Å². The number of carbonyl (C=O) groups excluding carboxylic acids is 4. The molecule has 4 unspecified atom stereocenters. The van der Waals surface area contributed by atoms with Gasteiger partial charge < -0.3 is 37.8 Å². The molecule has 9 N–H and O–H groups in total. The largest absolute Gasteiger partial charge is 0.480 e. The fraction of sp³-hybridized carbons (Fsp3) is 0.762. The molecule has 33 heavy (non-hydrogen) atoms. The number of hydrogen-bond donors (Lipinski definition) is 6. The standard InChI is InChI=1S/C21H38N6O6/c1-12(2)10-14(25-18(29)13(23)6-3-4-8-22)19(30)26-15(11-17(24)28)20(31)27-9-5-7-16(27)21(32)33/h12-16H,3-11,22-23H2,1-2H3,(H2,24,28)(H,25,29)(H,26,30)(H,32,33). The molecular formula is C21H38N6O6. The molecule has 4 atom stereocenters. The van der Waals surface area contributed by atoms with Crippen molar-refractivity contribution in [3.8, 4) is 0 Å². The van der Waals surface area contributed by atoms with Crippen LogP contribution in [0.25, 0.3) is 0 Å². The Morgan fingerprint density at radius 1 is 1.06 bits per heavy atom. The number of nitrogens with one attached hydrogen (secondary N) is 2. The van der Waals surface area contributed by atoms with Crippen LogP contribution in [0.1, 0.15) is 58.8 Å². The van der Waals surface area contributed by atoms with Gasteiger partial charge in [-0.2, -0.15) is 0 Å². The number of carboxylic acid groups (broad SMARTS) is 1. The summed E-state index contributed by atoms with van der Waals surface area (Å²) in [4.78, 5) is 62.6. The maximum absolute atomic E-state index is 13.0. The highest BCUT2D eigenvalue weighted by atomic mass is 16.4. The van der Waals surface area contributed by atoms with Gasteiger partial charge >= 0.3 is 5.97 Å². The monoisotopic (exact) mass is 470 g/mol. The van der Waals surface area contributed by atoms with Crippen molar-refractivity contribution in [1.29, 1.82) is 0 Å². The van der Waals surface area contributed by atoms with Crippen LogP contribution >= 0.6 is 0 Å². The third-order valence-electron chi connectivity index (χ3n) is 5.49. The molecule has 0 aromatic rings. The molecule has 0 aromatic carbocycles. The number of amides is 4. The minimum atomic E-state index is -1.33. The maximum Gasteiger partial charge on any atom is 0.326 e. The van der Waals surface area contributed by atoms with Gasteiger partial charge in [0.15, 0.2) is 0 Å². The van der Waals surface area contributed by atoms with E-state index < -0.39 is 60.2 Å². The minimum Gasteiger partial charge on any atom is -0.480 e. The number of rotatable bonds is 14. The van der Waals surface area contributed by atoms with Crippen LogP contribution in [0.5, 0.6) is 0 Å². The lowest BCUT2D eigenvalue weighted by atomic mass is 10.0. The van der Waals surface area contributed by atoms with Gasteiger partial charge in [0.2, 0.25) is 23.6 Å². The van der Waals surface area contributed by atoms with Crippen molar-refractivity contribution >= 4 is 29.6 Å². The Labute approximate surface area is 194 Å². The van der Waals surface area contributed by atoms with Crippen molar-refractivity contribution in [1.82, 2.24) is 15.5 Å². The quantitative estimate of drug-likeness (QED) is 0.162. The summed E-state index contributed by atoms with van der Waals surface area (Å²) in [6.07, 6.45) is 2.36. The molecule has 0 spiro atoms. The molecule has 0 radical (unpaired) electrons.